The number of benzene rings is 2. The number of nitrogens with zero attached hydrogens (tertiary/aromatic N) is 2. The van der Waals surface area contributed by atoms with Crippen molar-refractivity contribution in [2.24, 2.45) is 29.6 Å². The maximum Gasteiger partial charge on any atom is 0.316 e. The molecule has 2 aliphatic heterocycles. The molecule has 0 N–H and O–H groups in total. The summed E-state index contributed by atoms with van der Waals surface area (Å²) in [5.74, 6) is -1.18. The summed E-state index contributed by atoms with van der Waals surface area (Å²) in [5.41, 5.74) is 1.06. The molecule has 0 aromatic heterocycles. The molecular weight excluding hydrogens is 448 g/mol. The number of carbonyl (C=O) groups excluding carboxylic acids is 4. The van der Waals surface area contributed by atoms with Gasteiger partial charge in [0.25, 0.3) is 0 Å². The molecule has 2 heterocycles. The number of imide groups is 1. The van der Waals surface area contributed by atoms with Crippen LogP contribution in [0, 0.1) is 29.6 Å². The highest BCUT2D eigenvalue weighted by Crippen LogP contribution is 2.53. The van der Waals surface area contributed by atoms with Crippen LogP contribution in [0.1, 0.15) is 12.8 Å². The number of rotatable bonds is 5. The summed E-state index contributed by atoms with van der Waals surface area (Å²) < 4.78 is 10.8. The monoisotopic (exact) mass is 472 g/mol. The van der Waals surface area contributed by atoms with Gasteiger partial charge in [-0.15, -0.1) is 0 Å². The summed E-state index contributed by atoms with van der Waals surface area (Å²) in [5, 5.41) is 0. The van der Waals surface area contributed by atoms with E-state index in [1.165, 1.54) is 4.90 Å². The Morgan fingerprint density at radius 1 is 0.886 bits per heavy atom. The Balaban J connectivity index is 1.16. The van der Waals surface area contributed by atoms with Crippen molar-refractivity contribution in [3.8, 4) is 11.5 Å². The predicted molar refractivity (Wildman–Crippen MR) is 126 cm³/mol. The van der Waals surface area contributed by atoms with Crippen molar-refractivity contribution in [3.63, 3.8) is 0 Å². The van der Waals surface area contributed by atoms with Gasteiger partial charge in [-0.05, 0) is 42.5 Å². The van der Waals surface area contributed by atoms with Gasteiger partial charge in [-0.2, -0.15) is 0 Å². The number of methoxy groups -OCH3 is 1. The van der Waals surface area contributed by atoms with E-state index in [0.717, 1.165) is 6.42 Å². The summed E-state index contributed by atoms with van der Waals surface area (Å²) in [7, 11) is 1.55. The molecule has 35 heavy (non-hydrogen) atoms. The van der Waals surface area contributed by atoms with Gasteiger partial charge in [-0.3, -0.25) is 19.2 Å². The van der Waals surface area contributed by atoms with Gasteiger partial charge in [0.15, 0.2) is 0 Å². The molecule has 0 unspecified atom stereocenters. The van der Waals surface area contributed by atoms with Gasteiger partial charge in [0, 0.05) is 30.8 Å². The predicted octanol–water partition coefficient (Wildman–Crippen LogP) is 2.97. The quantitative estimate of drug-likeness (QED) is 0.288. The average molecular weight is 472 g/mol. The summed E-state index contributed by atoms with van der Waals surface area (Å²) >= 11 is 0. The second kappa shape index (κ2) is 8.08. The summed E-state index contributed by atoms with van der Waals surface area (Å²) in [6.45, 7) is 0.201. The lowest BCUT2D eigenvalue weighted by Gasteiger charge is -2.18. The smallest absolute Gasteiger partial charge is 0.316 e. The molecule has 2 aromatic carbocycles. The number of allylic oxidation sites excluding steroid dienone is 2. The largest absolute Gasteiger partial charge is 0.497 e. The van der Waals surface area contributed by atoms with Crippen molar-refractivity contribution < 1.29 is 28.7 Å². The highest BCUT2D eigenvalue weighted by Gasteiger charge is 2.59. The average Bonchev–Trinajstić information content (AvgIpc) is 3.63. The van der Waals surface area contributed by atoms with Crippen molar-refractivity contribution in [1.82, 2.24) is 0 Å². The van der Waals surface area contributed by atoms with E-state index in [4.69, 9.17) is 9.47 Å². The number of anilines is 2. The van der Waals surface area contributed by atoms with Crippen LogP contribution in [-0.2, 0) is 19.2 Å². The summed E-state index contributed by atoms with van der Waals surface area (Å²) in [4.78, 5) is 54.5. The van der Waals surface area contributed by atoms with Gasteiger partial charge in [0.1, 0.15) is 11.5 Å². The van der Waals surface area contributed by atoms with Crippen LogP contribution in [0.3, 0.4) is 0 Å². The molecule has 6 rings (SSSR count). The number of esters is 1. The minimum Gasteiger partial charge on any atom is -0.497 e. The van der Waals surface area contributed by atoms with E-state index in [1.54, 1.807) is 60.5 Å². The van der Waals surface area contributed by atoms with E-state index >= 15 is 0 Å². The van der Waals surface area contributed by atoms with Crippen LogP contribution >= 0.6 is 0 Å². The Kier molecular flexibility index (Phi) is 4.98. The number of hydrogen-bond acceptors (Lipinski definition) is 6. The Morgan fingerprint density at radius 2 is 1.51 bits per heavy atom. The van der Waals surface area contributed by atoms with E-state index in [-0.39, 0.29) is 60.1 Å². The summed E-state index contributed by atoms with van der Waals surface area (Å²) in [6, 6.07) is 13.6. The van der Waals surface area contributed by atoms with Crippen molar-refractivity contribution >= 4 is 35.1 Å². The fraction of sp³-hybridized carbons (Fsp3) is 0.333. The maximum atomic E-state index is 13.1. The van der Waals surface area contributed by atoms with Crippen LogP contribution in [0.4, 0.5) is 11.4 Å². The van der Waals surface area contributed by atoms with Crippen molar-refractivity contribution in [2.75, 3.05) is 23.5 Å². The zero-order valence-electron chi connectivity index (χ0n) is 19.1. The Bertz CT molecular complexity index is 1260. The number of carbonyl (C=O) groups is 4. The molecule has 8 heteroatoms. The van der Waals surface area contributed by atoms with Crippen molar-refractivity contribution in [2.45, 2.75) is 12.8 Å². The lowest BCUT2D eigenvalue weighted by atomic mass is 9.85. The number of amides is 3. The van der Waals surface area contributed by atoms with Crippen LogP contribution in [0.2, 0.25) is 0 Å². The molecule has 2 saturated heterocycles. The van der Waals surface area contributed by atoms with Crippen LogP contribution < -0.4 is 19.3 Å². The second-order valence-electron chi connectivity index (χ2n) is 9.54. The summed E-state index contributed by atoms with van der Waals surface area (Å²) in [6.07, 6.45) is 5.01. The highest BCUT2D eigenvalue weighted by molar-refractivity contribution is 6.22. The van der Waals surface area contributed by atoms with E-state index in [2.05, 4.69) is 12.2 Å². The number of ether oxygens (including phenoxy) is 2. The van der Waals surface area contributed by atoms with E-state index in [1.807, 2.05) is 0 Å². The fourth-order valence-corrected chi connectivity index (χ4v) is 5.94. The first-order valence-electron chi connectivity index (χ1n) is 11.8. The van der Waals surface area contributed by atoms with Crippen molar-refractivity contribution in [3.05, 3.63) is 60.7 Å². The standard InChI is InChI=1S/C27H24N2O6/c1-34-20-6-2-4-18(12-20)28-14-17(11-22(28)30)27(33)35-21-7-3-5-19(13-21)29-25(31)23-15-8-9-16(10-15)24(23)26(29)32/h2-9,12-13,15-17,23-24H,10-11,14H2,1H3/t15-,16+,17-,23-,24-/m0/s1. The molecule has 4 aliphatic rings. The van der Waals surface area contributed by atoms with Crippen molar-refractivity contribution in [1.29, 1.82) is 0 Å². The van der Waals surface area contributed by atoms with Gasteiger partial charge in [0.05, 0.1) is 30.6 Å². The first-order valence-corrected chi connectivity index (χ1v) is 11.8. The Labute approximate surface area is 202 Å². The molecule has 1 saturated carbocycles. The minimum atomic E-state index is -0.631. The molecule has 2 bridgehead atoms. The van der Waals surface area contributed by atoms with Crippen LogP contribution in [-0.4, -0.2) is 37.3 Å². The molecule has 0 spiro atoms. The molecule has 2 aliphatic carbocycles. The Morgan fingerprint density at radius 3 is 2.20 bits per heavy atom. The lowest BCUT2D eigenvalue weighted by molar-refractivity contribution is -0.139. The van der Waals surface area contributed by atoms with Crippen LogP contribution in [0.15, 0.2) is 60.7 Å². The third-order valence-corrected chi connectivity index (χ3v) is 7.59. The lowest BCUT2D eigenvalue weighted by Crippen LogP contribution is -2.32. The maximum absolute atomic E-state index is 13.1. The first kappa shape index (κ1) is 21.6. The van der Waals surface area contributed by atoms with E-state index in [9.17, 15) is 19.2 Å². The molecule has 2 aromatic rings. The zero-order chi connectivity index (χ0) is 24.3. The van der Waals surface area contributed by atoms with Gasteiger partial charge in [-0.1, -0.05) is 24.3 Å². The Hall–Kier alpha value is -3.94. The number of hydrogen-bond donors (Lipinski definition) is 0. The topological polar surface area (TPSA) is 93.2 Å². The molecule has 178 valence electrons. The van der Waals surface area contributed by atoms with Gasteiger partial charge in [-0.25, -0.2) is 4.90 Å². The van der Waals surface area contributed by atoms with Gasteiger partial charge in [0.2, 0.25) is 17.7 Å². The molecular formula is C27H24N2O6. The zero-order valence-corrected chi connectivity index (χ0v) is 19.1. The van der Waals surface area contributed by atoms with Gasteiger partial charge < -0.3 is 14.4 Å². The van der Waals surface area contributed by atoms with E-state index < -0.39 is 11.9 Å². The SMILES string of the molecule is COc1cccc(N2C[C@@H](C(=O)Oc3cccc(N4C(=O)[C@@H]5[C@@H](C4=O)[C@H]4C=C[C@@H]5C4)c3)CC2=O)c1. The van der Waals surface area contributed by atoms with Crippen LogP contribution in [0.25, 0.3) is 0 Å². The molecule has 5 atom stereocenters. The molecule has 3 amide bonds. The second-order valence-corrected chi connectivity index (χ2v) is 9.54. The van der Waals surface area contributed by atoms with E-state index in [0.29, 0.717) is 17.1 Å². The molecule has 0 radical (unpaired) electrons. The molecule has 8 nitrogen and oxygen atoms in total. The minimum absolute atomic E-state index is 0.0397. The first-order chi connectivity index (χ1) is 16.9. The third kappa shape index (κ3) is 3.43. The van der Waals surface area contributed by atoms with Crippen LogP contribution in [0.5, 0.6) is 11.5 Å². The molecule has 3 fully saturated rings. The normalized spacial score (nSPS) is 28.7. The number of fused-ring (bicyclic) bond motifs is 5. The fourth-order valence-electron chi connectivity index (χ4n) is 5.94. The van der Waals surface area contributed by atoms with Gasteiger partial charge >= 0.3 is 5.97 Å². The third-order valence-electron chi connectivity index (χ3n) is 7.59. The highest BCUT2D eigenvalue weighted by atomic mass is 16.5.